The SMILES string of the molecule is [C-]#[N+]c1c(-c2c[nH]c3c(F)cc(F)cc23)nc(NC2C3CCC(CC3)C2C(=O)O)c(F)c1-c1ccc2ccccc2c1. The smallest absolute Gasteiger partial charge is 0.308 e. The van der Waals surface area contributed by atoms with Crippen LogP contribution in [0.3, 0.4) is 0 Å². The van der Waals surface area contributed by atoms with Crippen molar-refractivity contribution in [3.05, 3.63) is 89.7 Å². The van der Waals surface area contributed by atoms with E-state index >= 15 is 4.39 Å². The molecule has 3 aromatic carbocycles. The number of anilines is 1. The molecule has 2 unspecified atom stereocenters. The van der Waals surface area contributed by atoms with E-state index in [2.05, 4.69) is 20.1 Å². The van der Waals surface area contributed by atoms with Gasteiger partial charge >= 0.3 is 5.97 Å². The maximum absolute atomic E-state index is 16.7. The molecule has 0 radical (unpaired) electrons. The van der Waals surface area contributed by atoms with Gasteiger partial charge in [-0.2, -0.15) is 0 Å². The quantitative estimate of drug-likeness (QED) is 0.187. The van der Waals surface area contributed by atoms with E-state index in [9.17, 15) is 18.7 Å². The molecule has 42 heavy (non-hydrogen) atoms. The summed E-state index contributed by atoms with van der Waals surface area (Å²) in [6.45, 7) is 8.07. The van der Waals surface area contributed by atoms with E-state index in [4.69, 9.17) is 6.57 Å². The van der Waals surface area contributed by atoms with Gasteiger partial charge in [-0.05, 0) is 66.0 Å². The van der Waals surface area contributed by atoms with Gasteiger partial charge in [-0.25, -0.2) is 23.0 Å². The molecule has 5 aromatic rings. The number of benzene rings is 3. The fourth-order valence-electron chi connectivity index (χ4n) is 7.08. The number of halogens is 3. The number of carboxylic acid groups (broad SMARTS) is 1. The van der Waals surface area contributed by atoms with Gasteiger partial charge in [0.2, 0.25) is 5.69 Å². The molecular formula is C33H25F3N4O2. The first kappa shape index (κ1) is 26.1. The van der Waals surface area contributed by atoms with Crippen molar-refractivity contribution in [2.24, 2.45) is 17.8 Å². The Hall–Kier alpha value is -4.84. The number of H-pyrrole nitrogens is 1. The summed E-state index contributed by atoms with van der Waals surface area (Å²) in [4.78, 5) is 23.4. The van der Waals surface area contributed by atoms with Gasteiger partial charge < -0.3 is 15.4 Å². The van der Waals surface area contributed by atoms with E-state index in [0.717, 1.165) is 48.6 Å². The number of pyridine rings is 1. The molecule has 2 heterocycles. The van der Waals surface area contributed by atoms with Gasteiger partial charge in [0.05, 0.1) is 23.7 Å². The zero-order valence-electron chi connectivity index (χ0n) is 22.3. The van der Waals surface area contributed by atoms with E-state index in [0.29, 0.717) is 5.56 Å². The van der Waals surface area contributed by atoms with E-state index in [1.54, 1.807) is 12.1 Å². The van der Waals surface area contributed by atoms with E-state index < -0.39 is 35.4 Å². The normalized spacial score (nSPS) is 21.5. The van der Waals surface area contributed by atoms with Crippen LogP contribution >= 0.6 is 0 Å². The second kappa shape index (κ2) is 9.91. The predicted octanol–water partition coefficient (Wildman–Crippen LogP) is 8.32. The van der Waals surface area contributed by atoms with Crippen LogP contribution in [0.1, 0.15) is 25.7 Å². The Labute approximate surface area is 239 Å². The van der Waals surface area contributed by atoms with Crippen LogP contribution in [0.4, 0.5) is 24.7 Å². The van der Waals surface area contributed by atoms with E-state index in [1.165, 1.54) is 6.20 Å². The van der Waals surface area contributed by atoms with Crippen LogP contribution in [-0.4, -0.2) is 27.1 Å². The van der Waals surface area contributed by atoms with Crippen molar-refractivity contribution in [3.63, 3.8) is 0 Å². The number of hydrogen-bond acceptors (Lipinski definition) is 3. The zero-order valence-corrected chi connectivity index (χ0v) is 22.3. The zero-order chi connectivity index (χ0) is 29.1. The van der Waals surface area contributed by atoms with Crippen LogP contribution in [0.15, 0.2) is 60.8 Å². The predicted molar refractivity (Wildman–Crippen MR) is 155 cm³/mol. The van der Waals surface area contributed by atoms with Gasteiger partial charge in [0.1, 0.15) is 11.6 Å². The van der Waals surface area contributed by atoms with Gasteiger partial charge in [0, 0.05) is 34.8 Å². The lowest BCUT2D eigenvalue weighted by Gasteiger charge is -2.47. The summed E-state index contributed by atoms with van der Waals surface area (Å²) >= 11 is 0. The first-order valence-corrected chi connectivity index (χ1v) is 13.9. The third kappa shape index (κ3) is 4.09. The Kier molecular flexibility index (Phi) is 6.15. The number of carbonyl (C=O) groups is 1. The summed E-state index contributed by atoms with van der Waals surface area (Å²) in [5.41, 5.74) is 0.619. The lowest BCUT2D eigenvalue weighted by atomic mass is 9.61. The van der Waals surface area contributed by atoms with Crippen molar-refractivity contribution in [2.75, 3.05) is 5.32 Å². The van der Waals surface area contributed by atoms with Crippen LogP contribution in [0.2, 0.25) is 0 Å². The number of fused-ring (bicyclic) bond motifs is 5. The van der Waals surface area contributed by atoms with Crippen molar-refractivity contribution in [3.8, 4) is 22.4 Å². The number of nitrogens with one attached hydrogen (secondary N) is 2. The minimum absolute atomic E-state index is 0.0117. The summed E-state index contributed by atoms with van der Waals surface area (Å²) < 4.78 is 45.6. The van der Waals surface area contributed by atoms with Gasteiger partial charge in [-0.1, -0.05) is 36.4 Å². The lowest BCUT2D eigenvalue weighted by Crippen LogP contribution is -2.51. The number of rotatable bonds is 5. The molecular weight excluding hydrogens is 541 g/mol. The number of aliphatic carboxylic acids is 1. The maximum atomic E-state index is 16.7. The number of aromatic nitrogens is 2. The number of hydrogen-bond donors (Lipinski definition) is 3. The molecule has 0 spiro atoms. The molecule has 0 amide bonds. The van der Waals surface area contributed by atoms with Gasteiger partial charge in [-0.15, -0.1) is 0 Å². The lowest BCUT2D eigenvalue weighted by molar-refractivity contribution is -0.148. The monoisotopic (exact) mass is 566 g/mol. The topological polar surface area (TPSA) is 82.4 Å². The first-order chi connectivity index (χ1) is 20.3. The molecule has 2 aromatic heterocycles. The molecule has 3 fully saturated rings. The number of aromatic amines is 1. The van der Waals surface area contributed by atoms with Gasteiger partial charge in [0.25, 0.3) is 0 Å². The Balaban J connectivity index is 1.48. The average molecular weight is 567 g/mol. The minimum atomic E-state index is -0.933. The van der Waals surface area contributed by atoms with Crippen LogP contribution in [0.5, 0.6) is 0 Å². The fourth-order valence-corrected chi connectivity index (χ4v) is 7.08. The molecule has 3 N–H and O–H groups in total. The molecule has 3 saturated carbocycles. The standard InChI is InChI=1S/C33H25F3N4O2/c1-37-31-25(20-11-6-16-4-2-3-5-19(16)12-20)27(36)32(39-28-18-9-7-17(8-10-18)26(28)33(41)42)40-30(31)23-15-38-29-22(23)13-21(34)14-24(29)35/h2-6,11-15,17-18,26,28,38H,7-10H2,(H,39,40)(H,41,42). The maximum Gasteiger partial charge on any atom is 0.308 e. The molecule has 2 bridgehead atoms. The number of nitrogens with zero attached hydrogens (tertiary/aromatic N) is 2. The summed E-state index contributed by atoms with van der Waals surface area (Å²) in [5.74, 6) is -4.20. The van der Waals surface area contributed by atoms with Crippen molar-refractivity contribution < 1.29 is 23.1 Å². The highest BCUT2D eigenvalue weighted by Crippen LogP contribution is 2.49. The molecule has 8 rings (SSSR count). The van der Waals surface area contributed by atoms with Crippen LogP contribution < -0.4 is 5.32 Å². The van der Waals surface area contributed by atoms with Crippen molar-refractivity contribution in [1.82, 2.24) is 9.97 Å². The summed E-state index contributed by atoms with van der Waals surface area (Å²) in [7, 11) is 0. The van der Waals surface area contributed by atoms with Crippen molar-refractivity contribution in [2.45, 2.75) is 31.7 Å². The average Bonchev–Trinajstić information content (AvgIpc) is 3.42. The van der Waals surface area contributed by atoms with Gasteiger partial charge in [0.15, 0.2) is 11.6 Å². The summed E-state index contributed by atoms with van der Waals surface area (Å²) in [5, 5.41) is 15.2. The fraction of sp³-hybridized carbons (Fsp3) is 0.242. The highest BCUT2D eigenvalue weighted by molar-refractivity contribution is 6.02. The molecule has 6 nitrogen and oxygen atoms in total. The van der Waals surface area contributed by atoms with Gasteiger partial charge in [-0.3, -0.25) is 4.79 Å². The highest BCUT2D eigenvalue weighted by atomic mass is 19.1. The van der Waals surface area contributed by atoms with Crippen molar-refractivity contribution in [1.29, 1.82) is 0 Å². The van der Waals surface area contributed by atoms with E-state index in [1.807, 2.05) is 30.3 Å². The number of carboxylic acids is 1. The molecule has 210 valence electrons. The summed E-state index contributed by atoms with van der Waals surface area (Å²) in [6, 6.07) is 14.3. The molecule has 3 aliphatic carbocycles. The van der Waals surface area contributed by atoms with Crippen LogP contribution in [0, 0.1) is 41.8 Å². The third-order valence-corrected chi connectivity index (χ3v) is 9.03. The third-order valence-electron chi connectivity index (χ3n) is 9.03. The second-order valence-electron chi connectivity index (χ2n) is 11.2. The van der Waals surface area contributed by atoms with Crippen molar-refractivity contribution >= 4 is 39.1 Å². The summed E-state index contributed by atoms with van der Waals surface area (Å²) in [6.07, 6.45) is 4.72. The first-order valence-electron chi connectivity index (χ1n) is 13.9. The Morgan fingerprint density at radius 2 is 1.74 bits per heavy atom. The van der Waals surface area contributed by atoms with Crippen LogP contribution in [0.25, 0.3) is 48.9 Å². The largest absolute Gasteiger partial charge is 0.481 e. The Bertz CT molecular complexity index is 1940. The molecule has 2 atom stereocenters. The molecule has 0 aliphatic heterocycles. The van der Waals surface area contributed by atoms with Crippen LogP contribution in [-0.2, 0) is 4.79 Å². The Morgan fingerprint density at radius 1 is 1.00 bits per heavy atom. The minimum Gasteiger partial charge on any atom is -0.481 e. The highest BCUT2D eigenvalue weighted by Gasteiger charge is 2.47. The second-order valence-corrected chi connectivity index (χ2v) is 11.2. The Morgan fingerprint density at radius 3 is 2.48 bits per heavy atom. The molecule has 9 heteroatoms. The molecule has 3 aliphatic rings. The molecule has 0 saturated heterocycles. The van der Waals surface area contributed by atoms with E-state index in [-0.39, 0.29) is 51.1 Å².